The topological polar surface area (TPSA) is 67.4 Å². The number of halogens is 2. The average molecular weight is 381 g/mol. The molecule has 0 aliphatic heterocycles. The maximum Gasteiger partial charge on any atom is 0.233 e. The molecular weight excluding hydrogens is 363 g/mol. The minimum Gasteiger partial charge on any atom is -0.497 e. The van der Waals surface area contributed by atoms with Gasteiger partial charge in [0.25, 0.3) is 0 Å². The number of rotatable bonds is 7. The van der Waals surface area contributed by atoms with Gasteiger partial charge in [0.1, 0.15) is 12.2 Å². The van der Waals surface area contributed by atoms with Crippen LogP contribution in [0.25, 0.3) is 0 Å². The number of amides is 2. The van der Waals surface area contributed by atoms with Crippen molar-refractivity contribution in [3.63, 3.8) is 0 Å². The maximum absolute atomic E-state index is 11.9. The van der Waals surface area contributed by atoms with E-state index in [4.69, 9.17) is 27.9 Å². The fourth-order valence-corrected chi connectivity index (χ4v) is 2.70. The summed E-state index contributed by atoms with van der Waals surface area (Å²) >= 11 is 11.7. The molecule has 0 spiro atoms. The second-order valence-corrected chi connectivity index (χ2v) is 6.20. The Balaban J connectivity index is 1.74. The van der Waals surface area contributed by atoms with Gasteiger partial charge in [0.05, 0.1) is 7.11 Å². The molecule has 0 unspecified atom stereocenters. The van der Waals surface area contributed by atoms with Gasteiger partial charge in [-0.05, 0) is 42.3 Å². The second kappa shape index (κ2) is 9.30. The molecular formula is C18H18Cl2N2O3. The van der Waals surface area contributed by atoms with Gasteiger partial charge in [-0.25, -0.2) is 0 Å². The lowest BCUT2D eigenvalue weighted by atomic mass is 10.1. The van der Waals surface area contributed by atoms with Gasteiger partial charge in [-0.3, -0.25) is 9.59 Å². The smallest absolute Gasteiger partial charge is 0.233 e. The molecule has 2 aromatic carbocycles. The van der Waals surface area contributed by atoms with Crippen LogP contribution in [0.15, 0.2) is 42.5 Å². The summed E-state index contributed by atoms with van der Waals surface area (Å²) in [6, 6.07) is 12.3. The quantitative estimate of drug-likeness (QED) is 0.719. The van der Waals surface area contributed by atoms with Crippen LogP contribution in [-0.2, 0) is 16.0 Å². The molecule has 0 atom stereocenters. The molecule has 2 N–H and O–H groups in total. The van der Waals surface area contributed by atoms with E-state index in [2.05, 4.69) is 10.6 Å². The van der Waals surface area contributed by atoms with Crippen molar-refractivity contribution in [2.45, 2.75) is 12.8 Å². The van der Waals surface area contributed by atoms with Gasteiger partial charge < -0.3 is 15.4 Å². The minimum atomic E-state index is -0.430. The predicted octanol–water partition coefficient (Wildman–Crippen LogP) is 3.69. The molecule has 0 heterocycles. The van der Waals surface area contributed by atoms with Crippen molar-refractivity contribution in [3.05, 3.63) is 58.1 Å². The number of ether oxygens (including phenoxy) is 1. The summed E-state index contributed by atoms with van der Waals surface area (Å²) in [6.07, 6.45) is 0.397. The predicted molar refractivity (Wildman–Crippen MR) is 99.4 cm³/mol. The number of nitrogens with one attached hydrogen (secondary N) is 2. The molecule has 0 bridgehead atoms. The zero-order valence-electron chi connectivity index (χ0n) is 13.6. The lowest BCUT2D eigenvalue weighted by molar-refractivity contribution is -0.126. The van der Waals surface area contributed by atoms with Crippen LogP contribution in [0.5, 0.6) is 5.75 Å². The Labute approximate surface area is 156 Å². The van der Waals surface area contributed by atoms with E-state index in [1.165, 1.54) is 0 Å². The highest BCUT2D eigenvalue weighted by Gasteiger charge is 2.10. The molecule has 5 nitrogen and oxygen atoms in total. The first-order chi connectivity index (χ1) is 12.0. The van der Waals surface area contributed by atoms with Gasteiger partial charge in [-0.1, -0.05) is 35.3 Å². The Morgan fingerprint density at radius 1 is 1.00 bits per heavy atom. The molecule has 2 amide bonds. The lowest BCUT2D eigenvalue weighted by Crippen LogP contribution is -2.29. The van der Waals surface area contributed by atoms with E-state index in [9.17, 15) is 9.59 Å². The minimum absolute atomic E-state index is 0.271. The summed E-state index contributed by atoms with van der Waals surface area (Å²) in [7, 11) is 1.61. The molecule has 0 radical (unpaired) electrons. The third-order valence-corrected chi connectivity index (χ3v) is 3.80. The molecule has 25 heavy (non-hydrogen) atoms. The first-order valence-electron chi connectivity index (χ1n) is 7.62. The second-order valence-electron chi connectivity index (χ2n) is 5.33. The summed E-state index contributed by atoms with van der Waals surface area (Å²) in [5.41, 5.74) is 1.52. The average Bonchev–Trinajstić information content (AvgIpc) is 2.54. The van der Waals surface area contributed by atoms with Gasteiger partial charge in [0, 0.05) is 22.3 Å². The summed E-state index contributed by atoms with van der Waals surface area (Å²) in [6.45, 7) is 0.446. The van der Waals surface area contributed by atoms with E-state index in [1.807, 2.05) is 24.3 Å². The fraction of sp³-hybridized carbons (Fsp3) is 0.222. The van der Waals surface area contributed by atoms with Gasteiger partial charge >= 0.3 is 0 Å². The van der Waals surface area contributed by atoms with E-state index >= 15 is 0 Å². The summed E-state index contributed by atoms with van der Waals surface area (Å²) < 4.78 is 5.09. The molecule has 0 fully saturated rings. The number of carbonyl (C=O) groups excluding carboxylic acids is 2. The number of hydrogen-bond donors (Lipinski definition) is 2. The number of anilines is 1. The Bertz CT molecular complexity index is 728. The van der Waals surface area contributed by atoms with E-state index in [1.54, 1.807) is 25.3 Å². The van der Waals surface area contributed by atoms with Crippen LogP contribution in [0, 0.1) is 0 Å². The van der Waals surface area contributed by atoms with Gasteiger partial charge in [0.15, 0.2) is 0 Å². The molecule has 0 aliphatic rings. The van der Waals surface area contributed by atoms with E-state index in [0.29, 0.717) is 28.7 Å². The first-order valence-corrected chi connectivity index (χ1v) is 8.37. The van der Waals surface area contributed by atoms with Gasteiger partial charge in [0.2, 0.25) is 11.8 Å². The molecule has 7 heteroatoms. The first kappa shape index (κ1) is 19.1. The highest BCUT2D eigenvalue weighted by atomic mass is 35.5. The largest absolute Gasteiger partial charge is 0.497 e. The van der Waals surface area contributed by atoms with Crippen LogP contribution in [0.4, 0.5) is 5.69 Å². The number of methoxy groups -OCH3 is 1. The van der Waals surface area contributed by atoms with Crippen LogP contribution in [0.3, 0.4) is 0 Å². The number of benzene rings is 2. The zero-order valence-corrected chi connectivity index (χ0v) is 15.2. The standard InChI is InChI=1S/C18H18Cl2N2O3/c1-25-16-4-2-12(3-5-16)6-7-21-17(23)11-18(24)22-15-9-13(19)8-14(20)10-15/h2-5,8-10H,6-7,11H2,1H3,(H,21,23)(H,22,24). The molecule has 132 valence electrons. The molecule has 0 saturated carbocycles. The molecule has 0 aliphatic carbocycles. The van der Waals surface area contributed by atoms with Crippen molar-refractivity contribution in [1.82, 2.24) is 5.32 Å². The number of hydrogen-bond acceptors (Lipinski definition) is 3. The monoisotopic (exact) mass is 380 g/mol. The Hall–Kier alpha value is -2.24. The van der Waals surface area contributed by atoms with Gasteiger partial charge in [-0.15, -0.1) is 0 Å². The van der Waals surface area contributed by atoms with E-state index < -0.39 is 5.91 Å². The molecule has 0 saturated heterocycles. The van der Waals surface area contributed by atoms with Crippen LogP contribution in [0.1, 0.15) is 12.0 Å². The lowest BCUT2D eigenvalue weighted by Gasteiger charge is -2.08. The van der Waals surface area contributed by atoms with Crippen molar-refractivity contribution in [2.75, 3.05) is 19.0 Å². The van der Waals surface area contributed by atoms with E-state index in [0.717, 1.165) is 11.3 Å². The van der Waals surface area contributed by atoms with Crippen LogP contribution < -0.4 is 15.4 Å². The third kappa shape index (κ3) is 6.64. The normalized spacial score (nSPS) is 10.2. The summed E-state index contributed by atoms with van der Waals surface area (Å²) in [5, 5.41) is 6.13. The van der Waals surface area contributed by atoms with Crippen molar-refractivity contribution in [1.29, 1.82) is 0 Å². The van der Waals surface area contributed by atoms with Crippen molar-refractivity contribution < 1.29 is 14.3 Å². The summed E-state index contributed by atoms with van der Waals surface area (Å²) in [5.74, 6) is 0.00462. The van der Waals surface area contributed by atoms with E-state index in [-0.39, 0.29) is 12.3 Å². The summed E-state index contributed by atoms with van der Waals surface area (Å²) in [4.78, 5) is 23.7. The highest BCUT2D eigenvalue weighted by Crippen LogP contribution is 2.22. The highest BCUT2D eigenvalue weighted by molar-refractivity contribution is 6.35. The van der Waals surface area contributed by atoms with Crippen molar-refractivity contribution in [3.8, 4) is 5.75 Å². The fourth-order valence-electron chi connectivity index (χ4n) is 2.18. The molecule has 2 aromatic rings. The van der Waals surface area contributed by atoms with Crippen LogP contribution in [-0.4, -0.2) is 25.5 Å². The zero-order chi connectivity index (χ0) is 18.2. The molecule has 0 aromatic heterocycles. The SMILES string of the molecule is COc1ccc(CCNC(=O)CC(=O)Nc2cc(Cl)cc(Cl)c2)cc1. The Morgan fingerprint density at radius 2 is 1.64 bits per heavy atom. The number of carbonyl (C=O) groups is 2. The van der Waals surface area contributed by atoms with Gasteiger partial charge in [-0.2, -0.15) is 0 Å². The maximum atomic E-state index is 11.9. The van der Waals surface area contributed by atoms with Crippen molar-refractivity contribution >= 4 is 40.7 Å². The van der Waals surface area contributed by atoms with Crippen molar-refractivity contribution in [2.24, 2.45) is 0 Å². The molecule has 2 rings (SSSR count). The van der Waals surface area contributed by atoms with Crippen LogP contribution >= 0.6 is 23.2 Å². The third-order valence-electron chi connectivity index (χ3n) is 3.36. The Morgan fingerprint density at radius 3 is 2.24 bits per heavy atom. The Kier molecular flexibility index (Phi) is 7.10. The van der Waals surface area contributed by atoms with Crippen LogP contribution in [0.2, 0.25) is 10.0 Å².